The summed E-state index contributed by atoms with van der Waals surface area (Å²) in [5, 5.41) is 6.89. The Kier molecular flexibility index (Phi) is 4.73. The largest absolute Gasteiger partial charge is 0.326 e. The van der Waals surface area contributed by atoms with Gasteiger partial charge in [-0.15, -0.1) is 0 Å². The third-order valence-electron chi connectivity index (χ3n) is 3.44. The number of hydrogen-bond acceptors (Lipinski definition) is 3. The van der Waals surface area contributed by atoms with Crippen LogP contribution >= 0.6 is 0 Å². The molecule has 5 heteroatoms. The van der Waals surface area contributed by atoms with Gasteiger partial charge in [0.05, 0.1) is 0 Å². The molecular formula is C16H21N3O2. The molecule has 0 aliphatic heterocycles. The summed E-state index contributed by atoms with van der Waals surface area (Å²) in [6, 6.07) is 6.78. The van der Waals surface area contributed by atoms with Crippen molar-refractivity contribution in [3.05, 3.63) is 29.8 Å². The van der Waals surface area contributed by atoms with Gasteiger partial charge in [-0.3, -0.25) is 9.59 Å². The molecule has 0 radical (unpaired) electrons. The maximum Gasteiger partial charge on any atom is 0.271 e. The van der Waals surface area contributed by atoms with Crippen LogP contribution < -0.4 is 10.7 Å². The summed E-state index contributed by atoms with van der Waals surface area (Å²) in [6.07, 6.45) is 2.32. The number of anilines is 1. The van der Waals surface area contributed by atoms with Crippen molar-refractivity contribution < 1.29 is 9.59 Å². The van der Waals surface area contributed by atoms with Crippen molar-refractivity contribution >= 4 is 23.2 Å². The lowest BCUT2D eigenvalue weighted by atomic mass is 10.1. The van der Waals surface area contributed by atoms with Crippen LogP contribution in [0.25, 0.3) is 0 Å². The Morgan fingerprint density at radius 3 is 2.33 bits per heavy atom. The molecule has 21 heavy (non-hydrogen) atoms. The van der Waals surface area contributed by atoms with Gasteiger partial charge in [-0.2, -0.15) is 5.10 Å². The van der Waals surface area contributed by atoms with Gasteiger partial charge in [-0.05, 0) is 49.9 Å². The van der Waals surface area contributed by atoms with Gasteiger partial charge >= 0.3 is 0 Å². The Morgan fingerprint density at radius 1 is 1.19 bits per heavy atom. The Bertz CT molecular complexity index is 557. The zero-order chi connectivity index (χ0) is 15.4. The molecule has 1 fully saturated rings. The van der Waals surface area contributed by atoms with E-state index in [4.69, 9.17) is 0 Å². The quantitative estimate of drug-likeness (QED) is 0.645. The molecule has 0 heterocycles. The van der Waals surface area contributed by atoms with Crippen molar-refractivity contribution in [1.29, 1.82) is 0 Å². The molecule has 0 spiro atoms. The van der Waals surface area contributed by atoms with Gasteiger partial charge < -0.3 is 5.32 Å². The second-order valence-electron chi connectivity index (χ2n) is 5.69. The monoisotopic (exact) mass is 287 g/mol. The summed E-state index contributed by atoms with van der Waals surface area (Å²) in [7, 11) is 0. The average molecular weight is 287 g/mol. The fourth-order valence-corrected chi connectivity index (χ4v) is 1.79. The smallest absolute Gasteiger partial charge is 0.271 e. The average Bonchev–Trinajstić information content (AvgIpc) is 3.29. The molecule has 5 nitrogen and oxygen atoms in total. The van der Waals surface area contributed by atoms with Crippen LogP contribution in [0.3, 0.4) is 0 Å². The molecule has 2 amide bonds. The number of hydrazone groups is 1. The molecule has 112 valence electrons. The minimum atomic E-state index is -0.239. The third-order valence-corrected chi connectivity index (χ3v) is 3.44. The molecule has 1 aromatic carbocycles. The highest BCUT2D eigenvalue weighted by Gasteiger charge is 2.24. The van der Waals surface area contributed by atoms with E-state index in [-0.39, 0.29) is 17.7 Å². The summed E-state index contributed by atoms with van der Waals surface area (Å²) in [5.74, 6) is 0.181. The van der Waals surface area contributed by atoms with E-state index in [1.165, 1.54) is 0 Å². The number of nitrogens with one attached hydrogen (secondary N) is 2. The van der Waals surface area contributed by atoms with E-state index in [0.29, 0.717) is 17.2 Å². The molecule has 2 N–H and O–H groups in total. The third kappa shape index (κ3) is 4.41. The van der Waals surface area contributed by atoms with Crippen LogP contribution in [0.4, 0.5) is 5.69 Å². The molecular weight excluding hydrogens is 266 g/mol. The van der Waals surface area contributed by atoms with Crippen LogP contribution in [-0.2, 0) is 4.79 Å². The highest BCUT2D eigenvalue weighted by molar-refractivity contribution is 5.97. The van der Waals surface area contributed by atoms with Gasteiger partial charge in [0.25, 0.3) is 5.91 Å². The van der Waals surface area contributed by atoms with Gasteiger partial charge in [-0.25, -0.2) is 5.43 Å². The first kappa shape index (κ1) is 15.2. The number of nitrogens with zero attached hydrogens (tertiary/aromatic N) is 1. The molecule has 0 bridgehead atoms. The minimum absolute atomic E-state index is 0.0446. The maximum atomic E-state index is 11.9. The highest BCUT2D eigenvalue weighted by atomic mass is 16.2. The summed E-state index contributed by atoms with van der Waals surface area (Å²) in [4.78, 5) is 23.5. The van der Waals surface area contributed by atoms with Crippen molar-refractivity contribution in [1.82, 2.24) is 5.43 Å². The van der Waals surface area contributed by atoms with Gasteiger partial charge in [0.15, 0.2) is 0 Å². The molecule has 1 saturated carbocycles. The molecule has 0 saturated heterocycles. The maximum absolute atomic E-state index is 11.9. The first-order valence-electron chi connectivity index (χ1n) is 7.23. The molecule has 0 aromatic heterocycles. The summed E-state index contributed by atoms with van der Waals surface area (Å²) >= 11 is 0. The Hall–Kier alpha value is -2.17. The van der Waals surface area contributed by atoms with Crippen LogP contribution in [0.5, 0.6) is 0 Å². The Morgan fingerprint density at radius 2 is 1.81 bits per heavy atom. The predicted molar refractivity (Wildman–Crippen MR) is 83.2 cm³/mol. The fraction of sp³-hybridized carbons (Fsp3) is 0.438. The Labute approximate surface area is 124 Å². The van der Waals surface area contributed by atoms with Crippen molar-refractivity contribution in [2.45, 2.75) is 33.6 Å². The van der Waals surface area contributed by atoms with E-state index in [9.17, 15) is 9.59 Å². The lowest BCUT2D eigenvalue weighted by Gasteiger charge is -2.08. The summed E-state index contributed by atoms with van der Waals surface area (Å²) in [6.45, 7) is 5.59. The van der Waals surface area contributed by atoms with Gasteiger partial charge in [0.1, 0.15) is 0 Å². The SMILES string of the molecule is C/C(=N\NC(=O)c1ccc(NC(=O)C(C)C)cc1)C1CC1. The van der Waals surface area contributed by atoms with E-state index in [2.05, 4.69) is 15.8 Å². The normalized spacial score (nSPS) is 15.0. The van der Waals surface area contributed by atoms with Crippen molar-refractivity contribution in [3.63, 3.8) is 0 Å². The fourth-order valence-electron chi connectivity index (χ4n) is 1.79. The standard InChI is InChI=1S/C16H21N3O2/c1-10(2)15(20)17-14-8-6-13(7-9-14)16(21)19-18-11(3)12-4-5-12/h6-10,12H,4-5H2,1-3H3,(H,17,20)(H,19,21)/b18-11+. The molecule has 2 rings (SSSR count). The Balaban J connectivity index is 1.93. The van der Waals surface area contributed by atoms with Gasteiger partial charge in [0, 0.05) is 22.9 Å². The number of carbonyl (C=O) groups is 2. The number of carbonyl (C=O) groups excluding carboxylic acids is 2. The van der Waals surface area contributed by atoms with Crippen LogP contribution in [0, 0.1) is 11.8 Å². The molecule has 1 aliphatic rings. The van der Waals surface area contributed by atoms with E-state index < -0.39 is 0 Å². The van der Waals surface area contributed by atoms with Crippen molar-refractivity contribution in [2.24, 2.45) is 16.9 Å². The zero-order valence-corrected chi connectivity index (χ0v) is 12.6. The predicted octanol–water partition coefficient (Wildman–Crippen LogP) is 2.80. The van der Waals surface area contributed by atoms with Crippen molar-refractivity contribution in [3.8, 4) is 0 Å². The van der Waals surface area contributed by atoms with E-state index >= 15 is 0 Å². The van der Waals surface area contributed by atoms with E-state index in [0.717, 1.165) is 18.6 Å². The van der Waals surface area contributed by atoms with Gasteiger partial charge in [-0.1, -0.05) is 13.8 Å². The van der Waals surface area contributed by atoms with E-state index in [1.807, 2.05) is 20.8 Å². The molecule has 0 atom stereocenters. The van der Waals surface area contributed by atoms with Crippen molar-refractivity contribution in [2.75, 3.05) is 5.32 Å². The first-order valence-corrected chi connectivity index (χ1v) is 7.23. The first-order chi connectivity index (χ1) is 9.97. The van der Waals surface area contributed by atoms with Gasteiger partial charge in [0.2, 0.25) is 5.91 Å². The second-order valence-corrected chi connectivity index (χ2v) is 5.69. The number of benzene rings is 1. The molecule has 1 aromatic rings. The van der Waals surface area contributed by atoms with Crippen LogP contribution in [0.1, 0.15) is 44.0 Å². The second kappa shape index (κ2) is 6.52. The van der Waals surface area contributed by atoms with Crippen LogP contribution in [-0.4, -0.2) is 17.5 Å². The highest BCUT2D eigenvalue weighted by Crippen LogP contribution is 2.30. The number of amides is 2. The topological polar surface area (TPSA) is 70.6 Å². The lowest BCUT2D eigenvalue weighted by Crippen LogP contribution is -2.20. The zero-order valence-electron chi connectivity index (χ0n) is 12.6. The summed E-state index contributed by atoms with van der Waals surface area (Å²) in [5.41, 5.74) is 4.74. The van der Waals surface area contributed by atoms with Crippen LogP contribution in [0.2, 0.25) is 0 Å². The minimum Gasteiger partial charge on any atom is -0.326 e. The summed E-state index contributed by atoms with van der Waals surface area (Å²) < 4.78 is 0. The molecule has 1 aliphatic carbocycles. The number of hydrogen-bond donors (Lipinski definition) is 2. The molecule has 0 unspecified atom stereocenters. The van der Waals surface area contributed by atoms with E-state index in [1.54, 1.807) is 24.3 Å². The number of rotatable bonds is 5. The lowest BCUT2D eigenvalue weighted by molar-refractivity contribution is -0.118. The van der Waals surface area contributed by atoms with Crippen LogP contribution in [0.15, 0.2) is 29.4 Å².